The van der Waals surface area contributed by atoms with E-state index in [-0.39, 0.29) is 5.91 Å². The largest absolute Gasteiger partial charge is 0.492 e. The van der Waals surface area contributed by atoms with Crippen molar-refractivity contribution in [3.05, 3.63) is 88.9 Å². The van der Waals surface area contributed by atoms with Crippen LogP contribution in [0.15, 0.2) is 83.3 Å². The molecule has 0 aliphatic rings. The van der Waals surface area contributed by atoms with Crippen LogP contribution < -0.4 is 10.1 Å². The summed E-state index contributed by atoms with van der Waals surface area (Å²) in [5.41, 5.74) is 2.14. The van der Waals surface area contributed by atoms with Crippen LogP contribution in [0.1, 0.15) is 18.5 Å². The standard InChI is InChI=1S/C23H20BrN5O2/c1-2-31-20-11-7-6-10-19(20)25-23(30)21(16-8-4-3-5-9-16)29-27-22(26-28-29)17-12-14-18(24)15-13-17/h3-15,21H,2H2,1H3,(H,25,30). The van der Waals surface area contributed by atoms with E-state index in [2.05, 4.69) is 36.7 Å². The van der Waals surface area contributed by atoms with Gasteiger partial charge in [0.05, 0.1) is 12.3 Å². The minimum absolute atomic E-state index is 0.293. The Morgan fingerprint density at radius 2 is 1.74 bits per heavy atom. The maximum absolute atomic E-state index is 13.4. The first-order valence-electron chi connectivity index (χ1n) is 9.79. The molecule has 31 heavy (non-hydrogen) atoms. The van der Waals surface area contributed by atoms with Gasteiger partial charge < -0.3 is 10.1 Å². The monoisotopic (exact) mass is 477 g/mol. The van der Waals surface area contributed by atoms with E-state index in [0.29, 0.717) is 23.9 Å². The van der Waals surface area contributed by atoms with E-state index in [1.54, 1.807) is 6.07 Å². The summed E-state index contributed by atoms with van der Waals surface area (Å²) in [5.74, 6) is 0.751. The molecule has 0 aliphatic carbocycles. The van der Waals surface area contributed by atoms with E-state index in [0.717, 1.165) is 15.6 Å². The Kier molecular flexibility index (Phi) is 6.37. The van der Waals surface area contributed by atoms with Gasteiger partial charge >= 0.3 is 0 Å². The lowest BCUT2D eigenvalue weighted by molar-refractivity contribution is -0.118. The zero-order valence-electron chi connectivity index (χ0n) is 16.8. The highest BCUT2D eigenvalue weighted by atomic mass is 79.9. The Hall–Kier alpha value is -3.52. The Labute approximate surface area is 188 Å². The van der Waals surface area contributed by atoms with Gasteiger partial charge in [0.25, 0.3) is 5.91 Å². The molecule has 4 aromatic rings. The molecule has 0 saturated heterocycles. The number of ether oxygens (including phenoxy) is 1. The van der Waals surface area contributed by atoms with E-state index >= 15 is 0 Å². The second-order valence-electron chi connectivity index (χ2n) is 6.67. The molecule has 0 spiro atoms. The lowest BCUT2D eigenvalue weighted by Crippen LogP contribution is -2.29. The van der Waals surface area contributed by atoms with Crippen molar-refractivity contribution < 1.29 is 9.53 Å². The Morgan fingerprint density at radius 1 is 1.03 bits per heavy atom. The number of anilines is 1. The second kappa shape index (κ2) is 9.53. The third kappa shape index (κ3) is 4.80. The molecule has 0 saturated carbocycles. The van der Waals surface area contributed by atoms with Gasteiger partial charge in [-0.2, -0.15) is 0 Å². The van der Waals surface area contributed by atoms with E-state index in [9.17, 15) is 4.79 Å². The Morgan fingerprint density at radius 3 is 2.48 bits per heavy atom. The summed E-state index contributed by atoms with van der Waals surface area (Å²) in [7, 11) is 0. The topological polar surface area (TPSA) is 81.9 Å². The number of hydrogen-bond donors (Lipinski definition) is 1. The average Bonchev–Trinajstić information content (AvgIpc) is 3.26. The first-order chi connectivity index (χ1) is 15.2. The van der Waals surface area contributed by atoms with Crippen molar-refractivity contribution in [2.75, 3.05) is 11.9 Å². The second-order valence-corrected chi connectivity index (χ2v) is 7.59. The number of benzene rings is 3. The molecule has 4 rings (SSSR count). The number of halogens is 1. The van der Waals surface area contributed by atoms with Gasteiger partial charge in [-0.05, 0) is 54.1 Å². The Balaban J connectivity index is 1.68. The van der Waals surface area contributed by atoms with E-state index < -0.39 is 6.04 Å². The first-order valence-corrected chi connectivity index (χ1v) is 10.6. The maximum Gasteiger partial charge on any atom is 0.255 e. The van der Waals surface area contributed by atoms with Crippen LogP contribution >= 0.6 is 15.9 Å². The molecule has 1 heterocycles. The van der Waals surface area contributed by atoms with Crippen molar-refractivity contribution in [1.82, 2.24) is 20.2 Å². The van der Waals surface area contributed by atoms with Crippen LogP contribution in [0.2, 0.25) is 0 Å². The molecular weight excluding hydrogens is 458 g/mol. The van der Waals surface area contributed by atoms with Crippen molar-refractivity contribution in [3.8, 4) is 17.1 Å². The number of para-hydroxylation sites is 2. The molecule has 3 aromatic carbocycles. The quantitative estimate of drug-likeness (QED) is 0.416. The molecule has 8 heteroatoms. The van der Waals surface area contributed by atoms with Crippen LogP contribution in [0.3, 0.4) is 0 Å². The number of carbonyl (C=O) groups is 1. The van der Waals surface area contributed by atoms with E-state index in [4.69, 9.17) is 4.74 Å². The molecule has 0 radical (unpaired) electrons. The average molecular weight is 478 g/mol. The van der Waals surface area contributed by atoms with Gasteiger partial charge in [-0.3, -0.25) is 4.79 Å². The summed E-state index contributed by atoms with van der Waals surface area (Å²) in [6, 6.07) is 23.5. The molecule has 1 atom stereocenters. The van der Waals surface area contributed by atoms with E-state index in [1.807, 2.05) is 79.7 Å². The van der Waals surface area contributed by atoms with Crippen LogP contribution in [0.5, 0.6) is 5.75 Å². The van der Waals surface area contributed by atoms with Crippen molar-refractivity contribution in [1.29, 1.82) is 0 Å². The highest BCUT2D eigenvalue weighted by molar-refractivity contribution is 9.10. The summed E-state index contributed by atoms with van der Waals surface area (Å²) < 4.78 is 6.59. The van der Waals surface area contributed by atoms with Gasteiger partial charge in [-0.1, -0.05) is 58.4 Å². The number of carbonyl (C=O) groups excluding carboxylic acids is 1. The first kappa shape index (κ1) is 20.7. The molecule has 0 bridgehead atoms. The fourth-order valence-corrected chi connectivity index (χ4v) is 3.39. The van der Waals surface area contributed by atoms with Crippen LogP contribution in [0.4, 0.5) is 5.69 Å². The highest BCUT2D eigenvalue weighted by Gasteiger charge is 2.26. The number of hydrogen-bond acceptors (Lipinski definition) is 5. The molecular formula is C23H20BrN5O2. The van der Waals surface area contributed by atoms with Gasteiger partial charge in [0, 0.05) is 10.0 Å². The van der Waals surface area contributed by atoms with Crippen LogP contribution in [-0.2, 0) is 4.79 Å². The van der Waals surface area contributed by atoms with Crippen LogP contribution in [0.25, 0.3) is 11.4 Å². The molecule has 1 aromatic heterocycles. The molecule has 0 aliphatic heterocycles. The lowest BCUT2D eigenvalue weighted by atomic mass is 10.1. The van der Waals surface area contributed by atoms with Gasteiger partial charge in [0.2, 0.25) is 5.82 Å². The number of amides is 1. The van der Waals surface area contributed by atoms with Gasteiger partial charge in [0.1, 0.15) is 5.75 Å². The van der Waals surface area contributed by atoms with Crippen LogP contribution in [-0.4, -0.2) is 32.7 Å². The number of aromatic nitrogens is 4. The lowest BCUT2D eigenvalue weighted by Gasteiger charge is -2.17. The summed E-state index contributed by atoms with van der Waals surface area (Å²) in [4.78, 5) is 14.7. The maximum atomic E-state index is 13.4. The number of tetrazole rings is 1. The third-order valence-electron chi connectivity index (χ3n) is 4.57. The smallest absolute Gasteiger partial charge is 0.255 e. The number of nitrogens with one attached hydrogen (secondary N) is 1. The van der Waals surface area contributed by atoms with Crippen molar-refractivity contribution in [3.63, 3.8) is 0 Å². The van der Waals surface area contributed by atoms with Crippen LogP contribution in [0, 0.1) is 0 Å². The summed E-state index contributed by atoms with van der Waals surface area (Å²) in [6.45, 7) is 2.39. The normalized spacial score (nSPS) is 11.7. The molecule has 0 fully saturated rings. The molecule has 156 valence electrons. The van der Waals surface area contributed by atoms with Crippen molar-refractivity contribution in [2.24, 2.45) is 0 Å². The molecule has 7 nitrogen and oxygen atoms in total. The van der Waals surface area contributed by atoms with Crippen molar-refractivity contribution >= 4 is 27.5 Å². The minimum atomic E-state index is -0.799. The molecule has 1 N–H and O–H groups in total. The number of nitrogens with zero attached hydrogens (tertiary/aromatic N) is 4. The Bertz CT molecular complexity index is 1160. The summed E-state index contributed by atoms with van der Waals surface area (Å²) in [5, 5.41) is 15.8. The summed E-state index contributed by atoms with van der Waals surface area (Å²) in [6.07, 6.45) is 0. The zero-order valence-corrected chi connectivity index (χ0v) is 18.4. The molecule has 1 unspecified atom stereocenters. The zero-order chi connectivity index (χ0) is 21.6. The van der Waals surface area contributed by atoms with Gasteiger partial charge in [-0.15, -0.1) is 15.0 Å². The minimum Gasteiger partial charge on any atom is -0.492 e. The predicted molar refractivity (Wildman–Crippen MR) is 122 cm³/mol. The predicted octanol–water partition coefficient (Wildman–Crippen LogP) is 4.73. The fourth-order valence-electron chi connectivity index (χ4n) is 3.13. The SMILES string of the molecule is CCOc1ccccc1NC(=O)C(c1ccccc1)n1nnc(-c2ccc(Br)cc2)n1. The van der Waals surface area contributed by atoms with Gasteiger partial charge in [-0.25, -0.2) is 0 Å². The van der Waals surface area contributed by atoms with Crippen molar-refractivity contribution in [2.45, 2.75) is 13.0 Å². The number of rotatable bonds is 7. The third-order valence-corrected chi connectivity index (χ3v) is 5.10. The van der Waals surface area contributed by atoms with Gasteiger partial charge in [0.15, 0.2) is 6.04 Å². The van der Waals surface area contributed by atoms with E-state index in [1.165, 1.54) is 4.80 Å². The fraction of sp³-hybridized carbons (Fsp3) is 0.130. The highest BCUT2D eigenvalue weighted by Crippen LogP contribution is 2.27. The summed E-state index contributed by atoms with van der Waals surface area (Å²) >= 11 is 3.42. The molecule has 1 amide bonds.